The van der Waals surface area contributed by atoms with E-state index < -0.39 is 219 Å². The molecule has 0 heterocycles. The molecule has 0 bridgehead atoms. The fraction of sp³-hybridized carbons (Fsp3) is 0.712. The molecule has 23 N–H and O–H groups in total. The fourth-order valence-electron chi connectivity index (χ4n) is 7.85. The molecule has 14 amide bonds. The summed E-state index contributed by atoms with van der Waals surface area (Å²) < 4.78 is 0. The maximum Gasteiger partial charge on any atom is 0.326 e. The minimum absolute atomic E-state index is 0.0134. The van der Waals surface area contributed by atoms with Crippen LogP contribution in [0.2, 0.25) is 0 Å². The Labute approximate surface area is 518 Å². The van der Waals surface area contributed by atoms with Gasteiger partial charge in [-0.05, 0) is 88.7 Å². The molecule has 0 aromatic carbocycles. The Bertz CT molecular complexity index is 2430. The summed E-state index contributed by atoms with van der Waals surface area (Å²) in [7, 11) is 0. The van der Waals surface area contributed by atoms with Crippen molar-refractivity contribution in [2.75, 3.05) is 37.2 Å². The number of nitrogens with two attached hydrogens (primary N) is 4. The molecule has 88 heavy (non-hydrogen) atoms. The van der Waals surface area contributed by atoms with Crippen LogP contribution in [0.25, 0.3) is 0 Å². The van der Waals surface area contributed by atoms with Gasteiger partial charge in [-0.3, -0.25) is 67.1 Å². The molecule has 0 aliphatic carbocycles. The van der Waals surface area contributed by atoms with Crippen molar-refractivity contribution in [1.82, 2.24) is 58.5 Å². The predicted octanol–water partition coefficient (Wildman–Crippen LogP) is -7.86. The Morgan fingerprint density at radius 2 is 0.852 bits per heavy atom. The van der Waals surface area contributed by atoms with Gasteiger partial charge in [0.1, 0.15) is 66.5 Å². The standard InChI is InChI=1S/C52H91N15O19S2/c1-10-24(4)39(49(82)67-41(27(7)70)51(84)63-32(52(85)86)16-18-88-9)65-48(81)34(20-37(56)73)59-38(74)21-57-44(77)29(11-13-35(54)71)61-47(80)33(19-23(2)3)64-46(79)30(12-14-36(55)72)62-50(83)40(26(6)69)66-42(75)25(5)58-45(78)31(15-17-87-8)60-43(76)28(53)22-68/h23-34,39-41,68-70H,10-22,53H2,1-9H3,(H2,54,71)(H2,55,72)(H2,56,73)(H,57,77)(H,58,78)(H,59,74)(H,60,76)(H,61,80)(H,62,83)(H,63,84)(H,64,79)(H,65,81)(H,66,75)(H,67,82)(H,85,86)/t24-,25-,26+,27+,28-,29-,30-,31-,32-,33-,34-,39-,40-,41-/m0/s1. The molecule has 0 aromatic rings. The number of nitrogens with one attached hydrogen (secondary N) is 11. The Morgan fingerprint density at radius 3 is 1.31 bits per heavy atom. The van der Waals surface area contributed by atoms with Crippen LogP contribution >= 0.6 is 23.5 Å². The second-order valence-corrected chi connectivity index (χ2v) is 23.2. The maximum absolute atomic E-state index is 14.0. The van der Waals surface area contributed by atoms with Crippen LogP contribution < -0.4 is 81.4 Å². The zero-order chi connectivity index (χ0) is 67.7. The van der Waals surface area contributed by atoms with E-state index in [0.29, 0.717) is 11.5 Å². The highest BCUT2D eigenvalue weighted by Gasteiger charge is 2.38. The number of hydrogen-bond acceptors (Lipinski definition) is 21. The summed E-state index contributed by atoms with van der Waals surface area (Å²) in [4.78, 5) is 196. The van der Waals surface area contributed by atoms with E-state index in [9.17, 15) is 92.3 Å². The topological polar surface area (TPSA) is 573 Å². The monoisotopic (exact) mass is 1290 g/mol. The van der Waals surface area contributed by atoms with E-state index in [4.69, 9.17) is 22.9 Å². The van der Waals surface area contributed by atoms with Crippen LogP contribution in [0.5, 0.6) is 0 Å². The number of carbonyl (C=O) groups is 15. The minimum atomic E-state index is -1.83. The molecule has 0 unspecified atom stereocenters. The molecule has 0 radical (unpaired) electrons. The molecule has 36 heteroatoms. The van der Waals surface area contributed by atoms with Crippen LogP contribution in [-0.4, -0.2) is 225 Å². The van der Waals surface area contributed by atoms with Gasteiger partial charge in [0.15, 0.2) is 0 Å². The maximum atomic E-state index is 14.0. The van der Waals surface area contributed by atoms with E-state index in [2.05, 4.69) is 58.5 Å². The van der Waals surface area contributed by atoms with Crippen LogP contribution in [-0.2, 0) is 71.9 Å². The van der Waals surface area contributed by atoms with Crippen LogP contribution in [0.15, 0.2) is 0 Å². The van der Waals surface area contributed by atoms with Gasteiger partial charge in [0.2, 0.25) is 82.7 Å². The summed E-state index contributed by atoms with van der Waals surface area (Å²) in [6.07, 6.45) is -2.50. The number of thioether (sulfide) groups is 2. The summed E-state index contributed by atoms with van der Waals surface area (Å²) in [6, 6.07) is -17.1. The molecule has 34 nitrogen and oxygen atoms in total. The van der Waals surface area contributed by atoms with Crippen molar-refractivity contribution in [2.45, 2.75) is 185 Å². The Balaban J connectivity index is 6.54. The largest absolute Gasteiger partial charge is 0.480 e. The number of amides is 14. The molecule has 0 aliphatic rings. The zero-order valence-electron chi connectivity index (χ0n) is 50.9. The predicted molar refractivity (Wildman–Crippen MR) is 320 cm³/mol. The third-order valence-electron chi connectivity index (χ3n) is 13.1. The molecule has 0 spiro atoms. The summed E-state index contributed by atoms with van der Waals surface area (Å²) >= 11 is 2.66. The van der Waals surface area contributed by atoms with E-state index in [1.165, 1.54) is 37.4 Å². The number of carboxylic acids is 1. The lowest BCUT2D eigenvalue weighted by molar-refractivity contribution is -0.143. The summed E-state index contributed by atoms with van der Waals surface area (Å²) in [6.45, 7) is 8.28. The van der Waals surface area contributed by atoms with E-state index in [1.807, 2.05) is 0 Å². The van der Waals surface area contributed by atoms with Crippen molar-refractivity contribution in [3.05, 3.63) is 0 Å². The van der Waals surface area contributed by atoms with Gasteiger partial charge in [0.25, 0.3) is 0 Å². The lowest BCUT2D eigenvalue weighted by atomic mass is 9.96. The normalized spacial score (nSPS) is 15.9. The van der Waals surface area contributed by atoms with Gasteiger partial charge in [-0.2, -0.15) is 23.5 Å². The van der Waals surface area contributed by atoms with Crippen LogP contribution in [0.3, 0.4) is 0 Å². The summed E-state index contributed by atoms with van der Waals surface area (Å²) in [5.74, 6) is -16.2. The number of aliphatic hydroxyl groups is 3. The van der Waals surface area contributed by atoms with Crippen molar-refractivity contribution < 1.29 is 92.3 Å². The first-order chi connectivity index (χ1) is 41.0. The average Bonchev–Trinajstić information content (AvgIpc) is 3.64. The first-order valence-electron chi connectivity index (χ1n) is 28.1. The number of hydrogen-bond donors (Lipinski definition) is 19. The van der Waals surface area contributed by atoms with Gasteiger partial charge in [0.05, 0.1) is 31.8 Å². The molecule has 14 atom stereocenters. The average molecular weight is 1290 g/mol. The van der Waals surface area contributed by atoms with E-state index >= 15 is 0 Å². The summed E-state index contributed by atoms with van der Waals surface area (Å²) in [5.41, 5.74) is 21.7. The number of carboxylic acid groups (broad SMARTS) is 1. The van der Waals surface area contributed by atoms with Crippen molar-refractivity contribution in [3.8, 4) is 0 Å². The highest BCUT2D eigenvalue weighted by Crippen LogP contribution is 2.13. The molecule has 500 valence electrons. The van der Waals surface area contributed by atoms with Gasteiger partial charge in [-0.15, -0.1) is 0 Å². The van der Waals surface area contributed by atoms with Crippen LogP contribution in [0, 0.1) is 11.8 Å². The van der Waals surface area contributed by atoms with E-state index in [-0.39, 0.29) is 31.6 Å². The first-order valence-corrected chi connectivity index (χ1v) is 30.9. The number of primary amides is 3. The van der Waals surface area contributed by atoms with Gasteiger partial charge < -0.3 is 102 Å². The Hall–Kier alpha value is -7.41. The second kappa shape index (κ2) is 41.7. The van der Waals surface area contributed by atoms with E-state index in [0.717, 1.165) is 13.8 Å². The molecule has 0 aromatic heterocycles. The minimum Gasteiger partial charge on any atom is -0.480 e. The van der Waals surface area contributed by atoms with Crippen molar-refractivity contribution in [1.29, 1.82) is 0 Å². The van der Waals surface area contributed by atoms with Crippen molar-refractivity contribution in [3.63, 3.8) is 0 Å². The third-order valence-corrected chi connectivity index (χ3v) is 14.4. The SMILES string of the molecule is CC[C@H](C)[C@H](NC(=O)[C@H](CC(N)=O)NC(=O)CNC(=O)[C@H](CCC(N)=O)NC(=O)[C@H](CC(C)C)NC(=O)[C@H](CCC(N)=O)NC(=O)[C@@H](NC(=O)[C@H](C)NC(=O)[C@H](CCSC)NC(=O)[C@@H](N)CO)[C@@H](C)O)C(=O)N[C@H](C(=O)N[C@@H](CCSC)C(=O)O)[C@@H](C)O. The molecular formula is C52H91N15O19S2. The lowest BCUT2D eigenvalue weighted by Crippen LogP contribution is -2.62. The first kappa shape index (κ1) is 80.6. The van der Waals surface area contributed by atoms with Crippen LogP contribution in [0.4, 0.5) is 0 Å². The molecule has 0 fully saturated rings. The molecule has 0 rings (SSSR count). The highest BCUT2D eigenvalue weighted by atomic mass is 32.2. The van der Waals surface area contributed by atoms with Crippen molar-refractivity contribution >= 4 is 112 Å². The number of aliphatic carboxylic acids is 1. The van der Waals surface area contributed by atoms with Gasteiger partial charge >= 0.3 is 5.97 Å². The molecule has 0 aliphatic heterocycles. The van der Waals surface area contributed by atoms with Crippen molar-refractivity contribution in [2.24, 2.45) is 34.8 Å². The van der Waals surface area contributed by atoms with Gasteiger partial charge in [-0.25, -0.2) is 4.79 Å². The van der Waals surface area contributed by atoms with Gasteiger partial charge in [-0.1, -0.05) is 34.1 Å². The highest BCUT2D eigenvalue weighted by molar-refractivity contribution is 7.98. The third kappa shape index (κ3) is 31.0. The molecular weight excluding hydrogens is 1200 g/mol. The smallest absolute Gasteiger partial charge is 0.326 e. The fourth-order valence-corrected chi connectivity index (χ4v) is 8.80. The number of aliphatic hydroxyl groups excluding tert-OH is 3. The lowest BCUT2D eigenvalue weighted by Gasteiger charge is -2.29. The molecule has 0 saturated heterocycles. The quantitative estimate of drug-likeness (QED) is 0.0269. The molecule has 0 saturated carbocycles. The number of rotatable bonds is 44. The van der Waals surface area contributed by atoms with E-state index in [1.54, 1.807) is 33.3 Å². The Kier molecular flexibility index (Phi) is 38.2. The Morgan fingerprint density at radius 1 is 0.455 bits per heavy atom. The summed E-state index contributed by atoms with van der Waals surface area (Å²) in [5, 5.41) is 65.6. The van der Waals surface area contributed by atoms with Gasteiger partial charge in [0, 0.05) is 12.8 Å². The zero-order valence-corrected chi connectivity index (χ0v) is 52.5. The second-order valence-electron chi connectivity index (χ2n) is 21.2. The van der Waals surface area contributed by atoms with Crippen LogP contribution in [0.1, 0.15) is 106 Å². The number of carbonyl (C=O) groups excluding carboxylic acids is 14.